The maximum absolute atomic E-state index is 4.39. The number of aryl methyl sites for hydroxylation is 1. The summed E-state index contributed by atoms with van der Waals surface area (Å²) in [5.74, 6) is 1.10. The fraction of sp³-hybridized carbons (Fsp3) is 0.846. The monoisotopic (exact) mass is 249 g/mol. The summed E-state index contributed by atoms with van der Waals surface area (Å²) in [6.07, 6.45) is 7.11. The molecule has 2 heterocycles. The van der Waals surface area contributed by atoms with Gasteiger partial charge in [0.25, 0.3) is 0 Å². The van der Waals surface area contributed by atoms with E-state index in [4.69, 9.17) is 0 Å². The fourth-order valence-electron chi connectivity index (χ4n) is 3.44. The van der Waals surface area contributed by atoms with E-state index in [9.17, 15) is 0 Å². The van der Waals surface area contributed by atoms with E-state index in [1.54, 1.807) is 6.33 Å². The van der Waals surface area contributed by atoms with Crippen LogP contribution in [0.3, 0.4) is 0 Å². The Morgan fingerprint density at radius 2 is 2.22 bits per heavy atom. The van der Waals surface area contributed by atoms with Crippen LogP contribution in [0, 0.1) is 0 Å². The first kappa shape index (κ1) is 12.1. The largest absolute Gasteiger partial charge is 0.309 e. The molecule has 0 atom stereocenters. The SMILES string of the molecule is CCn1ncnc1CN1CCNC2(CCCC2)C1. The molecular formula is C13H23N5. The minimum absolute atomic E-state index is 0.398. The van der Waals surface area contributed by atoms with Gasteiger partial charge < -0.3 is 5.32 Å². The predicted octanol–water partition coefficient (Wildman–Crippen LogP) is 1.02. The van der Waals surface area contributed by atoms with Crippen LogP contribution in [0.2, 0.25) is 0 Å². The fourth-order valence-corrected chi connectivity index (χ4v) is 3.44. The van der Waals surface area contributed by atoms with E-state index in [0.29, 0.717) is 5.54 Å². The van der Waals surface area contributed by atoms with Crippen LogP contribution in [0.25, 0.3) is 0 Å². The smallest absolute Gasteiger partial charge is 0.140 e. The molecule has 3 rings (SSSR count). The maximum Gasteiger partial charge on any atom is 0.140 e. The number of hydrogen-bond acceptors (Lipinski definition) is 4. The third-order valence-corrected chi connectivity index (χ3v) is 4.38. The quantitative estimate of drug-likeness (QED) is 0.868. The Balaban J connectivity index is 1.66. The highest BCUT2D eigenvalue weighted by Gasteiger charge is 2.37. The van der Waals surface area contributed by atoms with E-state index in [2.05, 4.69) is 27.2 Å². The summed E-state index contributed by atoms with van der Waals surface area (Å²) in [5, 5.41) is 8.00. The van der Waals surface area contributed by atoms with Crippen molar-refractivity contribution in [3.05, 3.63) is 12.2 Å². The zero-order valence-corrected chi connectivity index (χ0v) is 11.2. The van der Waals surface area contributed by atoms with Gasteiger partial charge in [-0.1, -0.05) is 12.8 Å². The minimum Gasteiger partial charge on any atom is -0.309 e. The lowest BCUT2D eigenvalue weighted by Crippen LogP contribution is -2.58. The van der Waals surface area contributed by atoms with Gasteiger partial charge in [0.15, 0.2) is 0 Å². The Kier molecular flexibility index (Phi) is 3.35. The van der Waals surface area contributed by atoms with E-state index in [1.165, 1.54) is 32.2 Å². The Morgan fingerprint density at radius 3 is 3.00 bits per heavy atom. The lowest BCUT2D eigenvalue weighted by atomic mass is 9.94. The third kappa shape index (κ3) is 2.29. The van der Waals surface area contributed by atoms with Gasteiger partial charge in [0.05, 0.1) is 6.54 Å². The van der Waals surface area contributed by atoms with Crippen LogP contribution in [0.4, 0.5) is 0 Å². The summed E-state index contributed by atoms with van der Waals surface area (Å²) < 4.78 is 2.00. The molecule has 0 bridgehead atoms. The summed E-state index contributed by atoms with van der Waals surface area (Å²) in [7, 11) is 0. The maximum atomic E-state index is 4.39. The molecule has 1 spiro atoms. The van der Waals surface area contributed by atoms with Crippen molar-refractivity contribution in [2.45, 2.75) is 51.2 Å². The first-order valence-corrected chi connectivity index (χ1v) is 7.15. The molecule has 18 heavy (non-hydrogen) atoms. The normalized spacial score (nSPS) is 23.8. The number of nitrogens with one attached hydrogen (secondary N) is 1. The molecular weight excluding hydrogens is 226 g/mol. The standard InChI is InChI=1S/C13H23N5/c1-2-18-12(14-11-16-18)9-17-8-7-15-13(10-17)5-3-4-6-13/h11,15H,2-10H2,1H3. The summed E-state index contributed by atoms with van der Waals surface area (Å²) in [5.41, 5.74) is 0.398. The van der Waals surface area contributed by atoms with E-state index < -0.39 is 0 Å². The van der Waals surface area contributed by atoms with Crippen LogP contribution in [0.1, 0.15) is 38.4 Å². The van der Waals surface area contributed by atoms with Gasteiger partial charge in [0.1, 0.15) is 12.2 Å². The molecule has 2 aliphatic rings. The Morgan fingerprint density at radius 1 is 1.39 bits per heavy atom. The van der Waals surface area contributed by atoms with E-state index in [1.807, 2.05) is 4.68 Å². The highest BCUT2D eigenvalue weighted by molar-refractivity contribution is 4.99. The lowest BCUT2D eigenvalue weighted by Gasteiger charge is -2.41. The number of piperazine rings is 1. The summed E-state index contributed by atoms with van der Waals surface area (Å²) >= 11 is 0. The van der Waals surface area contributed by atoms with Crippen molar-refractivity contribution < 1.29 is 0 Å². The second-order valence-corrected chi connectivity index (χ2v) is 5.62. The van der Waals surface area contributed by atoms with Gasteiger partial charge in [-0.15, -0.1) is 0 Å². The van der Waals surface area contributed by atoms with Crippen LogP contribution >= 0.6 is 0 Å². The van der Waals surface area contributed by atoms with Crippen molar-refractivity contribution in [2.24, 2.45) is 0 Å². The molecule has 0 aromatic carbocycles. The molecule has 1 saturated carbocycles. The van der Waals surface area contributed by atoms with Gasteiger partial charge in [-0.3, -0.25) is 4.90 Å². The molecule has 5 nitrogen and oxygen atoms in total. The molecule has 1 aliphatic carbocycles. The van der Waals surface area contributed by atoms with Gasteiger partial charge >= 0.3 is 0 Å². The second kappa shape index (κ2) is 4.97. The van der Waals surface area contributed by atoms with Crippen molar-refractivity contribution in [3.8, 4) is 0 Å². The first-order chi connectivity index (χ1) is 8.81. The van der Waals surface area contributed by atoms with Crippen molar-refractivity contribution >= 4 is 0 Å². The molecule has 0 unspecified atom stereocenters. The molecule has 2 fully saturated rings. The summed E-state index contributed by atoms with van der Waals surface area (Å²) in [4.78, 5) is 6.93. The highest BCUT2D eigenvalue weighted by atomic mass is 15.4. The average molecular weight is 249 g/mol. The van der Waals surface area contributed by atoms with Crippen LogP contribution < -0.4 is 5.32 Å². The third-order valence-electron chi connectivity index (χ3n) is 4.38. The minimum atomic E-state index is 0.398. The Bertz CT molecular complexity index is 394. The molecule has 0 radical (unpaired) electrons. The molecule has 1 aromatic heterocycles. The van der Waals surface area contributed by atoms with Crippen molar-refractivity contribution in [3.63, 3.8) is 0 Å². The highest BCUT2D eigenvalue weighted by Crippen LogP contribution is 2.32. The average Bonchev–Trinajstić information content (AvgIpc) is 2.99. The Hall–Kier alpha value is -0.940. The number of hydrogen-bond donors (Lipinski definition) is 1. The molecule has 1 N–H and O–H groups in total. The summed E-state index contributed by atoms with van der Waals surface area (Å²) in [6.45, 7) is 7.38. The Labute approximate surface area is 109 Å². The van der Waals surface area contributed by atoms with Crippen LogP contribution in [0.15, 0.2) is 6.33 Å². The predicted molar refractivity (Wildman–Crippen MR) is 70.2 cm³/mol. The van der Waals surface area contributed by atoms with Gasteiger partial charge in [0.2, 0.25) is 0 Å². The molecule has 5 heteroatoms. The number of aromatic nitrogens is 3. The van der Waals surface area contributed by atoms with Crippen LogP contribution in [0.5, 0.6) is 0 Å². The van der Waals surface area contributed by atoms with Crippen molar-refractivity contribution in [2.75, 3.05) is 19.6 Å². The first-order valence-electron chi connectivity index (χ1n) is 7.15. The van der Waals surface area contributed by atoms with E-state index >= 15 is 0 Å². The zero-order chi connectivity index (χ0) is 12.4. The molecule has 1 saturated heterocycles. The van der Waals surface area contributed by atoms with Crippen molar-refractivity contribution in [1.82, 2.24) is 25.0 Å². The van der Waals surface area contributed by atoms with Crippen molar-refractivity contribution in [1.29, 1.82) is 0 Å². The molecule has 100 valence electrons. The topological polar surface area (TPSA) is 46.0 Å². The van der Waals surface area contributed by atoms with Gasteiger partial charge in [0, 0.05) is 31.7 Å². The molecule has 1 aliphatic heterocycles. The molecule has 1 aromatic rings. The van der Waals surface area contributed by atoms with Crippen LogP contribution in [-0.2, 0) is 13.1 Å². The lowest BCUT2D eigenvalue weighted by molar-refractivity contribution is 0.124. The van der Waals surface area contributed by atoms with Gasteiger partial charge in [-0.05, 0) is 19.8 Å². The second-order valence-electron chi connectivity index (χ2n) is 5.62. The van der Waals surface area contributed by atoms with Gasteiger partial charge in [-0.2, -0.15) is 5.10 Å². The van der Waals surface area contributed by atoms with Gasteiger partial charge in [-0.25, -0.2) is 9.67 Å². The molecule has 0 amide bonds. The van der Waals surface area contributed by atoms with Crippen LogP contribution in [-0.4, -0.2) is 44.8 Å². The number of nitrogens with zero attached hydrogens (tertiary/aromatic N) is 4. The summed E-state index contributed by atoms with van der Waals surface area (Å²) in [6, 6.07) is 0. The zero-order valence-electron chi connectivity index (χ0n) is 11.2. The number of rotatable bonds is 3. The van der Waals surface area contributed by atoms with E-state index in [0.717, 1.165) is 32.0 Å². The van der Waals surface area contributed by atoms with E-state index in [-0.39, 0.29) is 0 Å².